The molecule has 0 atom stereocenters. The third-order valence-electron chi connectivity index (χ3n) is 4.70. The van der Waals surface area contributed by atoms with Crippen molar-refractivity contribution in [3.05, 3.63) is 89.1 Å². The third-order valence-corrected chi connectivity index (χ3v) is 4.70. The molecule has 31 heavy (non-hydrogen) atoms. The topological polar surface area (TPSA) is 86.1 Å². The number of esters is 1. The van der Waals surface area contributed by atoms with Gasteiger partial charge in [0.15, 0.2) is 0 Å². The van der Waals surface area contributed by atoms with Crippen molar-refractivity contribution in [3.8, 4) is 5.75 Å². The predicted molar refractivity (Wildman–Crippen MR) is 106 cm³/mol. The summed E-state index contributed by atoms with van der Waals surface area (Å²) in [6.45, 7) is 0.416. The van der Waals surface area contributed by atoms with Crippen molar-refractivity contribution in [3.63, 3.8) is 0 Å². The number of carbonyl (C=O) groups is 3. The Balaban J connectivity index is 1.31. The summed E-state index contributed by atoms with van der Waals surface area (Å²) < 4.78 is 28.7. The Morgan fingerprint density at radius 1 is 0.968 bits per heavy atom. The predicted octanol–water partition coefficient (Wildman–Crippen LogP) is 3.84. The van der Waals surface area contributed by atoms with Gasteiger partial charge in [-0.25, -0.2) is 9.18 Å². The number of fused-ring (bicyclic) bond motifs is 1. The van der Waals surface area contributed by atoms with Crippen LogP contribution in [0.4, 0.5) is 4.39 Å². The van der Waals surface area contributed by atoms with Gasteiger partial charge in [-0.15, -0.1) is 0 Å². The molecule has 2 amide bonds. The molecule has 0 saturated carbocycles. The molecule has 0 spiro atoms. The van der Waals surface area contributed by atoms with E-state index < -0.39 is 17.8 Å². The van der Waals surface area contributed by atoms with E-state index in [1.54, 1.807) is 12.1 Å². The average molecular weight is 423 g/mol. The van der Waals surface area contributed by atoms with Crippen LogP contribution in [0.25, 0.3) is 0 Å². The van der Waals surface area contributed by atoms with E-state index in [1.807, 2.05) is 0 Å². The van der Waals surface area contributed by atoms with Crippen molar-refractivity contribution in [2.45, 2.75) is 13.0 Å². The van der Waals surface area contributed by atoms with Gasteiger partial charge in [-0.2, -0.15) is 0 Å². The third kappa shape index (κ3) is 4.48. The molecule has 4 rings (SSSR count). The SMILES string of the molecule is O=C(OCCCOc1ccc(F)cc1)c1ccc2c(c1)C(=O)N(Cc1ccco1)C2=O. The molecule has 0 aliphatic carbocycles. The summed E-state index contributed by atoms with van der Waals surface area (Å²) in [6.07, 6.45) is 1.90. The first kappa shape index (κ1) is 20.3. The fourth-order valence-electron chi connectivity index (χ4n) is 3.15. The standard InChI is InChI=1S/C23H18FNO6/c24-16-5-7-17(8-6-16)29-11-2-12-31-23(28)15-4-9-19-20(13-15)22(27)25(21(19)26)14-18-3-1-10-30-18/h1,3-10,13H,2,11-12,14H2. The summed E-state index contributed by atoms with van der Waals surface area (Å²) >= 11 is 0. The Morgan fingerprint density at radius 3 is 2.48 bits per heavy atom. The van der Waals surface area contributed by atoms with E-state index >= 15 is 0 Å². The highest BCUT2D eigenvalue weighted by Gasteiger charge is 2.36. The highest BCUT2D eigenvalue weighted by Crippen LogP contribution is 2.26. The summed E-state index contributed by atoms with van der Waals surface area (Å²) in [5, 5.41) is 0. The van der Waals surface area contributed by atoms with E-state index in [1.165, 1.54) is 48.7 Å². The second kappa shape index (κ2) is 8.83. The number of amides is 2. The number of hydrogen-bond donors (Lipinski definition) is 0. The zero-order chi connectivity index (χ0) is 21.8. The normalized spacial score (nSPS) is 12.7. The second-order valence-corrected chi connectivity index (χ2v) is 6.83. The Hall–Kier alpha value is -3.94. The van der Waals surface area contributed by atoms with Crippen molar-refractivity contribution in [1.29, 1.82) is 0 Å². The zero-order valence-corrected chi connectivity index (χ0v) is 16.4. The molecule has 1 aliphatic rings. The van der Waals surface area contributed by atoms with Crippen molar-refractivity contribution < 1.29 is 32.7 Å². The molecule has 2 heterocycles. The van der Waals surface area contributed by atoms with E-state index in [9.17, 15) is 18.8 Å². The highest BCUT2D eigenvalue weighted by atomic mass is 19.1. The van der Waals surface area contributed by atoms with Gasteiger partial charge in [-0.05, 0) is 54.6 Å². The first-order valence-corrected chi connectivity index (χ1v) is 9.61. The smallest absolute Gasteiger partial charge is 0.338 e. The minimum atomic E-state index is -0.602. The maximum Gasteiger partial charge on any atom is 0.338 e. The van der Waals surface area contributed by atoms with Gasteiger partial charge in [0.25, 0.3) is 11.8 Å². The van der Waals surface area contributed by atoms with Gasteiger partial charge in [0.2, 0.25) is 0 Å². The molecule has 158 valence electrons. The molecule has 0 radical (unpaired) electrons. The molecular weight excluding hydrogens is 405 g/mol. The van der Waals surface area contributed by atoms with Crippen LogP contribution in [0.1, 0.15) is 43.3 Å². The van der Waals surface area contributed by atoms with Crippen LogP contribution in [0.2, 0.25) is 0 Å². The summed E-state index contributed by atoms with van der Waals surface area (Å²) in [6, 6.07) is 13.2. The van der Waals surface area contributed by atoms with Gasteiger partial charge in [0.1, 0.15) is 17.3 Å². The minimum absolute atomic E-state index is 0.0210. The van der Waals surface area contributed by atoms with Crippen molar-refractivity contribution in [2.24, 2.45) is 0 Å². The molecule has 0 fully saturated rings. The Bertz CT molecular complexity index is 1110. The molecule has 2 aromatic carbocycles. The zero-order valence-electron chi connectivity index (χ0n) is 16.4. The highest BCUT2D eigenvalue weighted by molar-refractivity contribution is 6.21. The summed E-state index contributed by atoms with van der Waals surface area (Å²) in [4.78, 5) is 38.5. The fourth-order valence-corrected chi connectivity index (χ4v) is 3.15. The van der Waals surface area contributed by atoms with Gasteiger partial charge in [0.05, 0.1) is 42.7 Å². The van der Waals surface area contributed by atoms with Gasteiger partial charge in [0, 0.05) is 6.42 Å². The summed E-state index contributed by atoms with van der Waals surface area (Å²) in [7, 11) is 0. The number of carbonyl (C=O) groups excluding carboxylic acids is 3. The first-order chi connectivity index (χ1) is 15.0. The molecule has 7 nitrogen and oxygen atoms in total. The van der Waals surface area contributed by atoms with Crippen LogP contribution in [-0.4, -0.2) is 35.9 Å². The lowest BCUT2D eigenvalue weighted by molar-refractivity contribution is 0.0485. The van der Waals surface area contributed by atoms with Gasteiger partial charge < -0.3 is 13.9 Å². The Morgan fingerprint density at radius 2 is 1.74 bits per heavy atom. The maximum atomic E-state index is 12.9. The van der Waals surface area contributed by atoms with Crippen molar-refractivity contribution in [2.75, 3.05) is 13.2 Å². The van der Waals surface area contributed by atoms with Crippen LogP contribution in [0.5, 0.6) is 5.75 Å². The van der Waals surface area contributed by atoms with E-state index in [0.717, 1.165) is 4.90 Å². The van der Waals surface area contributed by atoms with E-state index in [-0.39, 0.29) is 42.3 Å². The average Bonchev–Trinajstić information content (AvgIpc) is 3.37. The number of furan rings is 1. The molecule has 0 unspecified atom stereocenters. The van der Waals surface area contributed by atoms with E-state index in [0.29, 0.717) is 17.9 Å². The molecule has 1 aromatic heterocycles. The lowest BCUT2D eigenvalue weighted by Crippen LogP contribution is -2.28. The number of imide groups is 1. The number of rotatable bonds is 8. The molecule has 0 bridgehead atoms. The van der Waals surface area contributed by atoms with Crippen LogP contribution >= 0.6 is 0 Å². The lowest BCUT2D eigenvalue weighted by atomic mass is 10.1. The van der Waals surface area contributed by atoms with Crippen LogP contribution in [0, 0.1) is 5.82 Å². The van der Waals surface area contributed by atoms with Crippen LogP contribution < -0.4 is 4.74 Å². The molecule has 3 aromatic rings. The first-order valence-electron chi connectivity index (χ1n) is 9.61. The van der Waals surface area contributed by atoms with E-state index in [2.05, 4.69) is 0 Å². The number of ether oxygens (including phenoxy) is 2. The molecule has 1 aliphatic heterocycles. The van der Waals surface area contributed by atoms with E-state index in [4.69, 9.17) is 13.9 Å². The fraction of sp³-hybridized carbons (Fsp3) is 0.174. The second-order valence-electron chi connectivity index (χ2n) is 6.83. The van der Waals surface area contributed by atoms with Crippen molar-refractivity contribution >= 4 is 17.8 Å². The Kier molecular flexibility index (Phi) is 5.79. The maximum absolute atomic E-state index is 12.9. The quantitative estimate of drug-likeness (QED) is 0.311. The lowest BCUT2D eigenvalue weighted by Gasteiger charge is -2.11. The van der Waals surface area contributed by atoms with Crippen molar-refractivity contribution in [1.82, 2.24) is 4.90 Å². The van der Waals surface area contributed by atoms with Crippen LogP contribution in [-0.2, 0) is 11.3 Å². The number of nitrogens with zero attached hydrogens (tertiary/aromatic N) is 1. The number of halogens is 1. The monoisotopic (exact) mass is 423 g/mol. The number of benzene rings is 2. The summed E-state index contributed by atoms with van der Waals surface area (Å²) in [5.74, 6) is -0.868. The van der Waals surface area contributed by atoms with Gasteiger partial charge in [-0.3, -0.25) is 14.5 Å². The van der Waals surface area contributed by atoms with Gasteiger partial charge in [-0.1, -0.05) is 0 Å². The Labute approximate surface area is 177 Å². The largest absolute Gasteiger partial charge is 0.493 e. The molecule has 0 N–H and O–H groups in total. The minimum Gasteiger partial charge on any atom is -0.493 e. The summed E-state index contributed by atoms with van der Waals surface area (Å²) in [5.41, 5.74) is 0.575. The molecule has 0 saturated heterocycles. The van der Waals surface area contributed by atoms with Gasteiger partial charge >= 0.3 is 5.97 Å². The van der Waals surface area contributed by atoms with Crippen LogP contribution in [0.15, 0.2) is 65.3 Å². The number of hydrogen-bond acceptors (Lipinski definition) is 6. The van der Waals surface area contributed by atoms with Crippen LogP contribution in [0.3, 0.4) is 0 Å². The molecular formula is C23H18FNO6. The molecule has 8 heteroatoms.